The Labute approximate surface area is 157 Å². The largest absolute Gasteiger partial charge is 0.584 e. The van der Waals surface area contributed by atoms with Crippen LogP contribution < -0.4 is 9.05 Å². The van der Waals surface area contributed by atoms with Gasteiger partial charge in [0.05, 0.1) is 5.56 Å². The summed E-state index contributed by atoms with van der Waals surface area (Å²) in [6, 6.07) is 20.3. The predicted octanol–water partition coefficient (Wildman–Crippen LogP) is 5.09. The van der Waals surface area contributed by atoms with Crippen LogP contribution >= 0.6 is 7.82 Å². The van der Waals surface area contributed by atoms with E-state index in [1.165, 1.54) is 0 Å². The highest BCUT2D eigenvalue weighted by Gasteiger charge is 2.29. The molecule has 1 atom stereocenters. The van der Waals surface area contributed by atoms with Crippen molar-refractivity contribution in [1.82, 2.24) is 0 Å². The first kappa shape index (κ1) is 18.9. The second kappa shape index (κ2) is 7.78. The second-order valence-corrected chi connectivity index (χ2v) is 7.42. The highest BCUT2D eigenvalue weighted by Crippen LogP contribution is 2.46. The molecule has 6 heteroatoms. The molecule has 0 saturated carbocycles. The van der Waals surface area contributed by atoms with Gasteiger partial charge in [-0.05, 0) is 43.2 Å². The van der Waals surface area contributed by atoms with E-state index in [-0.39, 0.29) is 22.8 Å². The van der Waals surface area contributed by atoms with Crippen molar-refractivity contribution in [1.29, 1.82) is 0 Å². The molecular formula is C21H19O5P. The summed E-state index contributed by atoms with van der Waals surface area (Å²) in [6.07, 6.45) is 0. The van der Waals surface area contributed by atoms with E-state index in [0.717, 1.165) is 5.56 Å². The third kappa shape index (κ3) is 4.64. The Kier molecular flexibility index (Phi) is 5.45. The zero-order chi connectivity index (χ0) is 19.4. The number of benzene rings is 3. The lowest BCUT2D eigenvalue weighted by molar-refractivity contribution is 0.103. The van der Waals surface area contributed by atoms with E-state index in [0.29, 0.717) is 11.1 Å². The summed E-state index contributed by atoms with van der Waals surface area (Å²) in [5, 5.41) is 0. The molecule has 0 bridgehead atoms. The van der Waals surface area contributed by atoms with Gasteiger partial charge in [-0.15, -0.1) is 0 Å². The molecule has 0 spiro atoms. The first-order valence-electron chi connectivity index (χ1n) is 8.34. The number of phosphoric acid groups is 1. The first-order chi connectivity index (χ1) is 12.9. The quantitative estimate of drug-likeness (QED) is 0.475. The summed E-state index contributed by atoms with van der Waals surface area (Å²) < 4.78 is 22.9. The predicted molar refractivity (Wildman–Crippen MR) is 103 cm³/mol. The number of carbonyl (C=O) groups excluding carboxylic acids is 1. The van der Waals surface area contributed by atoms with Crippen LogP contribution in [0, 0.1) is 13.8 Å². The lowest BCUT2D eigenvalue weighted by atomic mass is 9.96. The molecular weight excluding hydrogens is 363 g/mol. The normalized spacial score (nSPS) is 12.9. The minimum atomic E-state index is -4.49. The minimum Gasteiger partial charge on any atom is -0.395 e. The van der Waals surface area contributed by atoms with E-state index in [1.807, 2.05) is 19.1 Å². The number of hydrogen-bond donors (Lipinski definition) is 1. The van der Waals surface area contributed by atoms with Gasteiger partial charge in [0.25, 0.3) is 0 Å². The maximum atomic E-state index is 13.0. The van der Waals surface area contributed by atoms with Crippen molar-refractivity contribution in [3.8, 4) is 11.5 Å². The summed E-state index contributed by atoms with van der Waals surface area (Å²) in [5.41, 5.74) is 2.15. The van der Waals surface area contributed by atoms with Gasteiger partial charge in [0, 0.05) is 5.56 Å². The van der Waals surface area contributed by atoms with Crippen molar-refractivity contribution in [2.75, 3.05) is 0 Å². The van der Waals surface area contributed by atoms with Crippen LogP contribution in [-0.2, 0) is 4.57 Å². The minimum absolute atomic E-state index is 0.0168. The van der Waals surface area contributed by atoms with Gasteiger partial charge in [0.2, 0.25) is 0 Å². The lowest BCUT2D eigenvalue weighted by Crippen LogP contribution is -2.09. The number of para-hydroxylation sites is 1. The van der Waals surface area contributed by atoms with Crippen LogP contribution in [0.5, 0.6) is 11.5 Å². The monoisotopic (exact) mass is 382 g/mol. The molecule has 3 aromatic carbocycles. The highest BCUT2D eigenvalue weighted by atomic mass is 31.2. The van der Waals surface area contributed by atoms with Gasteiger partial charge in [0.1, 0.15) is 11.5 Å². The van der Waals surface area contributed by atoms with Crippen LogP contribution in [0.3, 0.4) is 0 Å². The maximum Gasteiger partial charge on any atom is 0.584 e. The van der Waals surface area contributed by atoms with Gasteiger partial charge in [-0.25, -0.2) is 4.57 Å². The molecule has 1 unspecified atom stereocenters. The fraction of sp³-hybridized carbons (Fsp3) is 0.0952. The fourth-order valence-corrected chi connectivity index (χ4v) is 3.60. The van der Waals surface area contributed by atoms with E-state index >= 15 is 0 Å². The molecule has 138 valence electrons. The zero-order valence-corrected chi connectivity index (χ0v) is 15.9. The molecule has 3 rings (SSSR count). The average molecular weight is 382 g/mol. The second-order valence-electron chi connectivity index (χ2n) is 6.11. The molecule has 0 aliphatic rings. The molecule has 3 aromatic rings. The fourth-order valence-electron chi connectivity index (χ4n) is 2.78. The number of aryl methyl sites for hydroxylation is 2. The Bertz CT molecular complexity index is 1000. The smallest absolute Gasteiger partial charge is 0.395 e. The molecule has 27 heavy (non-hydrogen) atoms. The van der Waals surface area contributed by atoms with Crippen LogP contribution in [-0.4, -0.2) is 10.7 Å². The Morgan fingerprint density at radius 2 is 1.48 bits per heavy atom. The third-order valence-corrected chi connectivity index (χ3v) is 4.75. The summed E-state index contributed by atoms with van der Waals surface area (Å²) in [7, 11) is -4.49. The summed E-state index contributed by atoms with van der Waals surface area (Å²) >= 11 is 0. The summed E-state index contributed by atoms with van der Waals surface area (Å²) in [5.74, 6) is -0.0745. The van der Waals surface area contributed by atoms with Crippen molar-refractivity contribution < 1.29 is 23.3 Å². The van der Waals surface area contributed by atoms with Gasteiger partial charge < -0.3 is 9.05 Å². The topological polar surface area (TPSA) is 72.8 Å². The van der Waals surface area contributed by atoms with Crippen LogP contribution in [0.25, 0.3) is 0 Å². The SMILES string of the molecule is Cc1cc(C)c(C(=O)c2ccccc2)c(OP(=O)(O)Oc2ccccc2)c1. The van der Waals surface area contributed by atoms with E-state index in [1.54, 1.807) is 67.6 Å². The number of carbonyl (C=O) groups is 1. The van der Waals surface area contributed by atoms with E-state index < -0.39 is 7.82 Å². The molecule has 0 aliphatic heterocycles. The zero-order valence-electron chi connectivity index (χ0n) is 15.0. The molecule has 0 radical (unpaired) electrons. The van der Waals surface area contributed by atoms with Crippen molar-refractivity contribution in [2.45, 2.75) is 13.8 Å². The number of rotatable bonds is 6. The molecule has 5 nitrogen and oxygen atoms in total. The standard InChI is InChI=1S/C21H19O5P/c1-15-13-16(2)20(21(22)17-9-5-3-6-10-17)19(14-15)26-27(23,24)25-18-11-7-4-8-12-18/h3-14H,1-2H3,(H,23,24). The molecule has 1 N–H and O–H groups in total. The van der Waals surface area contributed by atoms with E-state index in [2.05, 4.69) is 0 Å². The van der Waals surface area contributed by atoms with Crippen LogP contribution in [0.4, 0.5) is 0 Å². The number of ketones is 1. The molecule has 0 fully saturated rings. The average Bonchev–Trinajstić information content (AvgIpc) is 2.61. The molecule has 0 saturated heterocycles. The van der Waals surface area contributed by atoms with Gasteiger partial charge in [-0.1, -0.05) is 54.6 Å². The molecule has 0 amide bonds. The van der Waals surface area contributed by atoms with Crippen molar-refractivity contribution in [3.05, 3.63) is 95.1 Å². The summed E-state index contributed by atoms with van der Waals surface area (Å²) in [4.78, 5) is 23.1. The number of phosphoric ester groups is 1. The Balaban J connectivity index is 1.97. The molecule has 0 aliphatic carbocycles. The van der Waals surface area contributed by atoms with Crippen molar-refractivity contribution >= 4 is 13.6 Å². The van der Waals surface area contributed by atoms with Crippen LogP contribution in [0.2, 0.25) is 0 Å². The lowest BCUT2D eigenvalue weighted by Gasteiger charge is -2.18. The van der Waals surface area contributed by atoms with Gasteiger partial charge in [0.15, 0.2) is 5.78 Å². The van der Waals surface area contributed by atoms with Crippen LogP contribution in [0.1, 0.15) is 27.0 Å². The number of hydrogen-bond acceptors (Lipinski definition) is 4. The van der Waals surface area contributed by atoms with Gasteiger partial charge in [-0.2, -0.15) is 0 Å². The first-order valence-corrected chi connectivity index (χ1v) is 9.83. The van der Waals surface area contributed by atoms with Crippen molar-refractivity contribution in [3.63, 3.8) is 0 Å². The summed E-state index contributed by atoms with van der Waals surface area (Å²) in [6.45, 7) is 3.58. The van der Waals surface area contributed by atoms with Crippen molar-refractivity contribution in [2.24, 2.45) is 0 Å². The molecule has 0 heterocycles. The Morgan fingerprint density at radius 3 is 2.11 bits per heavy atom. The Morgan fingerprint density at radius 1 is 0.889 bits per heavy atom. The van der Waals surface area contributed by atoms with Gasteiger partial charge in [-0.3, -0.25) is 9.69 Å². The highest BCUT2D eigenvalue weighted by molar-refractivity contribution is 7.48. The molecule has 0 aromatic heterocycles. The van der Waals surface area contributed by atoms with E-state index in [9.17, 15) is 14.3 Å². The maximum absolute atomic E-state index is 13.0. The van der Waals surface area contributed by atoms with Crippen LogP contribution in [0.15, 0.2) is 72.8 Å². The third-order valence-electron chi connectivity index (χ3n) is 3.88. The Hall–Kier alpha value is -2.88. The van der Waals surface area contributed by atoms with E-state index in [4.69, 9.17) is 9.05 Å². The van der Waals surface area contributed by atoms with Gasteiger partial charge >= 0.3 is 7.82 Å².